The molecule has 3 heterocycles. The number of carboxylic acid groups (broad SMARTS) is 1. The molecule has 0 saturated carbocycles. The number of nitrogens with zero attached hydrogens (tertiary/aromatic N) is 3. The number of halogens is 1. The highest BCUT2D eigenvalue weighted by Crippen LogP contribution is 2.44. The summed E-state index contributed by atoms with van der Waals surface area (Å²) >= 11 is 0. The molecule has 0 unspecified atom stereocenters. The van der Waals surface area contributed by atoms with E-state index < -0.39 is 5.60 Å². The fraction of sp³-hybridized carbons (Fsp3) is 0.425. The van der Waals surface area contributed by atoms with Crippen molar-refractivity contribution < 1.29 is 24.1 Å². The molecule has 0 aliphatic carbocycles. The van der Waals surface area contributed by atoms with Crippen molar-refractivity contribution in [3.63, 3.8) is 0 Å². The van der Waals surface area contributed by atoms with Crippen molar-refractivity contribution >= 4 is 23.8 Å². The third-order valence-electron chi connectivity index (χ3n) is 8.14. The topological polar surface area (TPSA) is 108 Å². The van der Waals surface area contributed by atoms with Crippen molar-refractivity contribution in [3.8, 4) is 16.9 Å². The molecule has 8 nitrogen and oxygen atoms in total. The SMILES string of the molecule is CC(C)(C)O.CCc1c(C)nc(Nc2cc(C)ccn2)c(-c2ccc(OCCc3ccc(F)cc3)cc2)c1N1CCC(C)(C)CC1.O=CO. The number of ether oxygens (including phenoxy) is 1. The number of piperidine rings is 1. The Kier molecular flexibility index (Phi) is 14.1. The Labute approximate surface area is 291 Å². The average molecular weight is 673 g/mol. The third-order valence-corrected chi connectivity index (χ3v) is 8.14. The van der Waals surface area contributed by atoms with Gasteiger partial charge in [-0.25, -0.2) is 14.4 Å². The zero-order valence-electron chi connectivity index (χ0n) is 30.3. The number of aromatic nitrogens is 2. The average Bonchev–Trinajstić information content (AvgIpc) is 3.02. The van der Waals surface area contributed by atoms with Gasteiger partial charge in [-0.2, -0.15) is 0 Å². The van der Waals surface area contributed by atoms with Crippen LogP contribution in [0.2, 0.25) is 0 Å². The number of aryl methyl sites for hydroxylation is 2. The van der Waals surface area contributed by atoms with E-state index in [1.165, 1.54) is 23.4 Å². The van der Waals surface area contributed by atoms with Gasteiger partial charge >= 0.3 is 0 Å². The number of nitrogens with one attached hydrogen (secondary N) is 1. The molecule has 0 radical (unpaired) electrons. The van der Waals surface area contributed by atoms with Crippen molar-refractivity contribution in [1.29, 1.82) is 0 Å². The van der Waals surface area contributed by atoms with Crippen LogP contribution in [0.4, 0.5) is 21.7 Å². The Morgan fingerprint density at radius 2 is 1.61 bits per heavy atom. The van der Waals surface area contributed by atoms with Crippen LogP contribution < -0.4 is 15.0 Å². The van der Waals surface area contributed by atoms with E-state index in [1.807, 2.05) is 24.4 Å². The Balaban J connectivity index is 0.000000734. The molecule has 0 amide bonds. The second-order valence-electron chi connectivity index (χ2n) is 14.1. The third kappa shape index (κ3) is 12.5. The number of carbonyl (C=O) groups is 1. The first-order valence-electron chi connectivity index (χ1n) is 16.9. The molecule has 1 saturated heterocycles. The smallest absolute Gasteiger partial charge is 0.290 e. The first-order valence-corrected chi connectivity index (χ1v) is 16.9. The Bertz CT molecular complexity index is 1620. The number of benzene rings is 2. The van der Waals surface area contributed by atoms with Gasteiger partial charge in [0.15, 0.2) is 0 Å². The molecule has 49 heavy (non-hydrogen) atoms. The summed E-state index contributed by atoms with van der Waals surface area (Å²) in [5.41, 5.74) is 7.86. The van der Waals surface area contributed by atoms with Crippen molar-refractivity contribution in [2.75, 3.05) is 29.9 Å². The fourth-order valence-corrected chi connectivity index (χ4v) is 5.58. The number of pyridine rings is 2. The minimum atomic E-state index is -0.500. The number of rotatable bonds is 9. The molecule has 1 fully saturated rings. The molecule has 2 aromatic carbocycles. The van der Waals surface area contributed by atoms with Crippen LogP contribution in [0.15, 0.2) is 66.9 Å². The van der Waals surface area contributed by atoms with Crippen LogP contribution in [-0.4, -0.2) is 52.0 Å². The maximum Gasteiger partial charge on any atom is 0.290 e. The molecule has 5 rings (SSSR count). The number of anilines is 3. The van der Waals surface area contributed by atoms with Gasteiger partial charge < -0.3 is 25.2 Å². The second-order valence-corrected chi connectivity index (χ2v) is 14.1. The predicted octanol–water partition coefficient (Wildman–Crippen LogP) is 8.93. The van der Waals surface area contributed by atoms with Crippen LogP contribution >= 0.6 is 0 Å². The zero-order chi connectivity index (χ0) is 36.2. The normalized spacial score (nSPS) is 13.7. The molecule has 1 aliphatic heterocycles. The monoisotopic (exact) mass is 672 g/mol. The van der Waals surface area contributed by atoms with E-state index in [0.717, 1.165) is 84.1 Å². The summed E-state index contributed by atoms with van der Waals surface area (Å²) in [5.74, 6) is 2.20. The first kappa shape index (κ1) is 38.9. The van der Waals surface area contributed by atoms with Crippen molar-refractivity contribution in [3.05, 3.63) is 95.1 Å². The molecule has 2 aromatic heterocycles. The van der Waals surface area contributed by atoms with E-state index in [9.17, 15) is 4.39 Å². The molecule has 264 valence electrons. The predicted molar refractivity (Wildman–Crippen MR) is 198 cm³/mol. The lowest BCUT2D eigenvalue weighted by atomic mass is 9.82. The van der Waals surface area contributed by atoms with Gasteiger partial charge in [-0.3, -0.25) is 4.79 Å². The van der Waals surface area contributed by atoms with Crippen LogP contribution in [-0.2, 0) is 17.6 Å². The lowest BCUT2D eigenvalue weighted by molar-refractivity contribution is -0.122. The summed E-state index contributed by atoms with van der Waals surface area (Å²) in [7, 11) is 0. The number of aliphatic hydroxyl groups is 1. The molecular formula is C40H53FN4O4. The van der Waals surface area contributed by atoms with E-state index in [0.29, 0.717) is 12.0 Å². The summed E-state index contributed by atoms with van der Waals surface area (Å²) in [4.78, 5) is 20.6. The van der Waals surface area contributed by atoms with E-state index in [-0.39, 0.29) is 12.3 Å². The molecule has 3 N–H and O–H groups in total. The van der Waals surface area contributed by atoms with Gasteiger partial charge in [-0.1, -0.05) is 45.0 Å². The molecule has 0 spiro atoms. The summed E-state index contributed by atoms with van der Waals surface area (Å²) in [5, 5.41) is 19.0. The highest BCUT2D eigenvalue weighted by atomic mass is 19.1. The first-order chi connectivity index (χ1) is 23.1. The van der Waals surface area contributed by atoms with Crippen LogP contribution in [0.3, 0.4) is 0 Å². The van der Waals surface area contributed by atoms with Crippen LogP contribution in [0, 0.1) is 25.1 Å². The number of hydrogen-bond acceptors (Lipinski definition) is 7. The highest BCUT2D eigenvalue weighted by molar-refractivity contribution is 5.91. The maximum absolute atomic E-state index is 13.2. The molecule has 1 aliphatic rings. The zero-order valence-corrected chi connectivity index (χ0v) is 30.3. The standard InChI is InChI=1S/C35H41FN4O.C4H10O.CH2O2/c1-6-30-25(3)38-34(39-31-23-24(2)15-19-37-31)32(33(30)40-20-17-35(4,5)18-21-40)27-9-13-29(14-10-27)41-22-16-26-7-11-28(36)12-8-26;1-4(2,3)5;2-1-3/h7-15,19,23H,6,16-18,20-22H2,1-5H3,(H,37,38,39);5H,1-3H3;1H,(H,2,3). The largest absolute Gasteiger partial charge is 0.493 e. The van der Waals surface area contributed by atoms with Gasteiger partial charge in [-0.15, -0.1) is 0 Å². The Morgan fingerprint density at radius 1 is 1.02 bits per heavy atom. The summed E-state index contributed by atoms with van der Waals surface area (Å²) in [6.45, 7) is 18.7. The van der Waals surface area contributed by atoms with Gasteiger partial charge in [0.1, 0.15) is 23.2 Å². The minimum Gasteiger partial charge on any atom is -0.493 e. The second kappa shape index (κ2) is 17.8. The van der Waals surface area contributed by atoms with Gasteiger partial charge in [-0.05, 0) is 118 Å². The van der Waals surface area contributed by atoms with Crippen molar-refractivity contribution in [2.45, 2.75) is 86.7 Å². The Hall–Kier alpha value is -4.50. The quantitative estimate of drug-likeness (QED) is 0.151. The maximum atomic E-state index is 13.2. The van der Waals surface area contributed by atoms with E-state index in [2.05, 4.69) is 68.0 Å². The van der Waals surface area contributed by atoms with Gasteiger partial charge in [0, 0.05) is 37.0 Å². The summed E-state index contributed by atoms with van der Waals surface area (Å²) in [6.07, 6.45) is 5.77. The lowest BCUT2D eigenvalue weighted by Gasteiger charge is -2.40. The fourth-order valence-electron chi connectivity index (χ4n) is 5.58. The molecule has 9 heteroatoms. The molecular weight excluding hydrogens is 619 g/mol. The van der Waals surface area contributed by atoms with E-state index in [1.54, 1.807) is 32.9 Å². The minimum absolute atomic E-state index is 0.221. The summed E-state index contributed by atoms with van der Waals surface area (Å²) < 4.78 is 19.3. The van der Waals surface area contributed by atoms with Gasteiger partial charge in [0.25, 0.3) is 6.47 Å². The van der Waals surface area contributed by atoms with E-state index >= 15 is 0 Å². The highest BCUT2D eigenvalue weighted by Gasteiger charge is 2.30. The van der Waals surface area contributed by atoms with E-state index in [4.69, 9.17) is 24.7 Å². The number of hydrogen-bond donors (Lipinski definition) is 3. The molecule has 0 bridgehead atoms. The lowest BCUT2D eigenvalue weighted by Crippen LogP contribution is -2.38. The van der Waals surface area contributed by atoms with Crippen LogP contribution in [0.25, 0.3) is 11.1 Å². The van der Waals surface area contributed by atoms with Crippen molar-refractivity contribution in [1.82, 2.24) is 9.97 Å². The molecule has 4 aromatic rings. The summed E-state index contributed by atoms with van der Waals surface area (Å²) in [6, 6.07) is 19.0. The van der Waals surface area contributed by atoms with Crippen LogP contribution in [0.5, 0.6) is 5.75 Å². The van der Waals surface area contributed by atoms with Crippen molar-refractivity contribution in [2.24, 2.45) is 5.41 Å². The van der Waals surface area contributed by atoms with Crippen LogP contribution in [0.1, 0.15) is 76.8 Å². The molecule has 0 atom stereocenters. The Morgan fingerprint density at radius 3 is 2.16 bits per heavy atom. The van der Waals surface area contributed by atoms with Gasteiger partial charge in [0.2, 0.25) is 0 Å². The van der Waals surface area contributed by atoms with Gasteiger partial charge in [0.05, 0.1) is 17.9 Å².